The molecule has 0 radical (unpaired) electrons. The third-order valence-electron chi connectivity index (χ3n) is 2.91. The number of amides is 2. The standard InChI is InChI=1S/C12H11N3O2S/c16-10-4-11-15(10)9(7-18-11)12(17)14-6-8-2-1-3-13-5-8/h1-3,5,7,11H,4,6H2,(H,14,17). The molecule has 1 aromatic heterocycles. The Balaban J connectivity index is 1.61. The Kier molecular flexibility index (Phi) is 2.79. The van der Waals surface area contributed by atoms with Crippen molar-refractivity contribution in [3.05, 3.63) is 41.2 Å². The average molecular weight is 261 g/mol. The van der Waals surface area contributed by atoms with E-state index in [2.05, 4.69) is 10.3 Å². The quantitative estimate of drug-likeness (QED) is 0.819. The van der Waals surface area contributed by atoms with Crippen molar-refractivity contribution in [1.82, 2.24) is 15.2 Å². The van der Waals surface area contributed by atoms with Gasteiger partial charge in [-0.2, -0.15) is 0 Å². The summed E-state index contributed by atoms with van der Waals surface area (Å²) in [6.07, 6.45) is 3.92. The van der Waals surface area contributed by atoms with Crippen LogP contribution in [0.2, 0.25) is 0 Å². The van der Waals surface area contributed by atoms with Crippen LogP contribution in [0.4, 0.5) is 0 Å². The second-order valence-electron chi connectivity index (χ2n) is 4.11. The molecular weight excluding hydrogens is 250 g/mol. The zero-order valence-electron chi connectivity index (χ0n) is 9.50. The molecular formula is C12H11N3O2S. The summed E-state index contributed by atoms with van der Waals surface area (Å²) in [5, 5.41) is 4.69. The summed E-state index contributed by atoms with van der Waals surface area (Å²) in [5.41, 5.74) is 1.40. The van der Waals surface area contributed by atoms with Gasteiger partial charge in [-0.05, 0) is 11.6 Å². The van der Waals surface area contributed by atoms with E-state index in [1.807, 2.05) is 12.1 Å². The maximum Gasteiger partial charge on any atom is 0.268 e. The van der Waals surface area contributed by atoms with Crippen molar-refractivity contribution < 1.29 is 9.59 Å². The predicted octanol–water partition coefficient (Wildman–Crippen LogP) is 0.844. The van der Waals surface area contributed by atoms with Gasteiger partial charge in [-0.15, -0.1) is 11.8 Å². The Labute approximate surface area is 108 Å². The van der Waals surface area contributed by atoms with Crippen LogP contribution in [0.25, 0.3) is 0 Å². The Morgan fingerprint density at radius 2 is 2.50 bits per heavy atom. The third kappa shape index (κ3) is 1.88. The van der Waals surface area contributed by atoms with E-state index in [9.17, 15) is 9.59 Å². The van der Waals surface area contributed by atoms with Crippen LogP contribution in [0.3, 0.4) is 0 Å². The number of hydrogen-bond donors (Lipinski definition) is 1. The first-order valence-electron chi connectivity index (χ1n) is 5.60. The molecule has 0 bridgehead atoms. The number of pyridine rings is 1. The van der Waals surface area contributed by atoms with Gasteiger partial charge in [0.25, 0.3) is 5.91 Å². The first-order valence-corrected chi connectivity index (χ1v) is 6.55. The molecule has 92 valence electrons. The van der Waals surface area contributed by atoms with Gasteiger partial charge in [0.05, 0.1) is 11.8 Å². The Morgan fingerprint density at radius 3 is 3.22 bits per heavy atom. The molecule has 1 N–H and O–H groups in total. The lowest BCUT2D eigenvalue weighted by atomic mass is 10.1. The van der Waals surface area contributed by atoms with Gasteiger partial charge in [0.15, 0.2) is 0 Å². The lowest BCUT2D eigenvalue weighted by Gasteiger charge is -2.34. The summed E-state index contributed by atoms with van der Waals surface area (Å²) in [6.45, 7) is 0.418. The van der Waals surface area contributed by atoms with Gasteiger partial charge in [0.1, 0.15) is 5.70 Å². The molecule has 1 aromatic rings. The number of carbonyl (C=O) groups is 2. The molecule has 0 aromatic carbocycles. The third-order valence-corrected chi connectivity index (χ3v) is 3.96. The lowest BCUT2D eigenvalue weighted by Crippen LogP contribution is -2.50. The Hall–Kier alpha value is -1.82. The number of β-lactam (4-membered cyclic amide) rings is 1. The minimum atomic E-state index is -0.207. The molecule has 1 saturated heterocycles. The van der Waals surface area contributed by atoms with Crippen LogP contribution in [-0.2, 0) is 16.1 Å². The van der Waals surface area contributed by atoms with E-state index in [1.54, 1.807) is 22.7 Å². The van der Waals surface area contributed by atoms with Crippen LogP contribution in [0.5, 0.6) is 0 Å². The Bertz CT molecular complexity index is 529. The first kappa shape index (κ1) is 11.3. The van der Waals surface area contributed by atoms with Crippen molar-refractivity contribution >= 4 is 23.6 Å². The van der Waals surface area contributed by atoms with Gasteiger partial charge in [-0.1, -0.05) is 6.07 Å². The number of thioether (sulfide) groups is 1. The van der Waals surface area contributed by atoms with E-state index in [1.165, 1.54) is 11.8 Å². The molecule has 18 heavy (non-hydrogen) atoms. The van der Waals surface area contributed by atoms with Gasteiger partial charge < -0.3 is 5.32 Å². The second kappa shape index (κ2) is 4.45. The van der Waals surface area contributed by atoms with Crippen LogP contribution in [0.15, 0.2) is 35.6 Å². The maximum atomic E-state index is 11.9. The molecule has 0 aliphatic carbocycles. The van der Waals surface area contributed by atoms with Crippen molar-refractivity contribution in [1.29, 1.82) is 0 Å². The summed E-state index contributed by atoms with van der Waals surface area (Å²) in [6, 6.07) is 3.71. The van der Waals surface area contributed by atoms with E-state index in [4.69, 9.17) is 0 Å². The molecule has 2 aliphatic heterocycles. The molecule has 0 spiro atoms. The highest BCUT2D eigenvalue weighted by Gasteiger charge is 2.44. The first-order chi connectivity index (χ1) is 8.75. The molecule has 6 heteroatoms. The van der Waals surface area contributed by atoms with E-state index in [-0.39, 0.29) is 17.2 Å². The molecule has 3 rings (SSSR count). The summed E-state index contributed by atoms with van der Waals surface area (Å²) < 4.78 is 0. The molecule has 1 unspecified atom stereocenters. The number of carbonyl (C=O) groups excluding carboxylic acids is 2. The van der Waals surface area contributed by atoms with Crippen molar-refractivity contribution in [2.75, 3.05) is 0 Å². The maximum absolute atomic E-state index is 11.9. The van der Waals surface area contributed by atoms with Gasteiger partial charge in [-0.3, -0.25) is 19.5 Å². The number of aromatic nitrogens is 1. The van der Waals surface area contributed by atoms with E-state index < -0.39 is 0 Å². The number of rotatable bonds is 3. The zero-order chi connectivity index (χ0) is 12.5. The Morgan fingerprint density at radius 1 is 1.61 bits per heavy atom. The molecule has 3 heterocycles. The van der Waals surface area contributed by atoms with Crippen LogP contribution in [0, 0.1) is 0 Å². The van der Waals surface area contributed by atoms with E-state index in [0.717, 1.165) is 5.56 Å². The predicted molar refractivity (Wildman–Crippen MR) is 67.0 cm³/mol. The summed E-state index contributed by atoms with van der Waals surface area (Å²) in [7, 11) is 0. The van der Waals surface area contributed by atoms with Crippen molar-refractivity contribution in [3.8, 4) is 0 Å². The summed E-state index contributed by atoms with van der Waals surface area (Å²) >= 11 is 1.52. The van der Waals surface area contributed by atoms with Crippen molar-refractivity contribution in [2.24, 2.45) is 0 Å². The smallest absolute Gasteiger partial charge is 0.268 e. The van der Waals surface area contributed by atoms with Crippen molar-refractivity contribution in [3.63, 3.8) is 0 Å². The van der Waals surface area contributed by atoms with Crippen LogP contribution < -0.4 is 5.32 Å². The molecule has 2 aliphatic rings. The fourth-order valence-electron chi connectivity index (χ4n) is 1.92. The highest BCUT2D eigenvalue weighted by Crippen LogP contribution is 2.40. The fourth-order valence-corrected chi connectivity index (χ4v) is 3.02. The highest BCUT2D eigenvalue weighted by molar-refractivity contribution is 8.03. The summed E-state index contributed by atoms with van der Waals surface area (Å²) in [4.78, 5) is 28.9. The van der Waals surface area contributed by atoms with Crippen LogP contribution in [-0.4, -0.2) is 27.1 Å². The summed E-state index contributed by atoms with van der Waals surface area (Å²) in [5.74, 6) is -0.185. The number of hydrogen-bond acceptors (Lipinski definition) is 4. The molecule has 0 saturated carbocycles. The molecule has 1 fully saturated rings. The van der Waals surface area contributed by atoms with E-state index >= 15 is 0 Å². The highest BCUT2D eigenvalue weighted by atomic mass is 32.2. The van der Waals surface area contributed by atoms with Gasteiger partial charge in [0.2, 0.25) is 5.91 Å². The zero-order valence-corrected chi connectivity index (χ0v) is 10.3. The molecule has 1 atom stereocenters. The largest absolute Gasteiger partial charge is 0.347 e. The lowest BCUT2D eigenvalue weighted by molar-refractivity contribution is -0.140. The van der Waals surface area contributed by atoms with Gasteiger partial charge in [0, 0.05) is 24.3 Å². The topological polar surface area (TPSA) is 62.3 Å². The fraction of sp³-hybridized carbons (Fsp3) is 0.250. The SMILES string of the molecule is O=C(NCc1cccnc1)C1=CSC2CC(=O)N12. The number of nitrogens with zero attached hydrogens (tertiary/aromatic N) is 2. The minimum Gasteiger partial charge on any atom is -0.347 e. The van der Waals surface area contributed by atoms with Gasteiger partial charge >= 0.3 is 0 Å². The van der Waals surface area contributed by atoms with E-state index in [0.29, 0.717) is 18.7 Å². The van der Waals surface area contributed by atoms with Crippen LogP contribution >= 0.6 is 11.8 Å². The normalized spacial score (nSPS) is 21.1. The monoisotopic (exact) mass is 261 g/mol. The average Bonchev–Trinajstić information content (AvgIpc) is 2.74. The molecule has 2 amide bonds. The van der Waals surface area contributed by atoms with Crippen LogP contribution in [0.1, 0.15) is 12.0 Å². The minimum absolute atomic E-state index is 0.0211. The number of nitrogens with one attached hydrogen (secondary N) is 1. The second-order valence-corrected chi connectivity index (χ2v) is 5.16. The molecule has 5 nitrogen and oxygen atoms in total. The van der Waals surface area contributed by atoms with Crippen molar-refractivity contribution in [2.45, 2.75) is 18.3 Å². The van der Waals surface area contributed by atoms with Gasteiger partial charge in [-0.25, -0.2) is 0 Å². The number of fused-ring (bicyclic) bond motifs is 1.